The molecule has 0 unspecified atom stereocenters. The monoisotopic (exact) mass is 184 g/mol. The molecule has 0 N–H and O–H groups in total. The van der Waals surface area contributed by atoms with E-state index < -0.39 is 0 Å². The summed E-state index contributed by atoms with van der Waals surface area (Å²) in [7, 11) is 0. The topological polar surface area (TPSA) is 0 Å². The lowest BCUT2D eigenvalue weighted by Crippen LogP contribution is -1.72. The number of rotatable bonds is 4. The van der Waals surface area contributed by atoms with Crippen LogP contribution in [0.2, 0.25) is 0 Å². The lowest BCUT2D eigenvalue weighted by atomic mass is 10.1. The van der Waals surface area contributed by atoms with Gasteiger partial charge in [-0.25, -0.2) is 0 Å². The third kappa shape index (κ3) is 18.4. The van der Waals surface area contributed by atoms with Gasteiger partial charge in [0, 0.05) is 0 Å². The second-order valence-corrected chi connectivity index (χ2v) is 2.13. The van der Waals surface area contributed by atoms with Crippen LogP contribution >= 0.6 is 0 Å². The van der Waals surface area contributed by atoms with E-state index in [1.165, 1.54) is 18.4 Å². The molecule has 0 amide bonds. The minimum atomic E-state index is 1.11. The van der Waals surface area contributed by atoms with E-state index in [1.54, 1.807) is 0 Å². The van der Waals surface area contributed by atoms with Gasteiger partial charge in [-0.1, -0.05) is 72.3 Å². The Hall–Kier alpha value is -0.520. The molecule has 0 aliphatic rings. The lowest BCUT2D eigenvalue weighted by molar-refractivity contribution is 0.942. The summed E-state index contributed by atoms with van der Waals surface area (Å²) in [5.41, 5.74) is 1.37. The molecule has 13 heavy (non-hydrogen) atoms. The second-order valence-electron chi connectivity index (χ2n) is 2.13. The van der Waals surface area contributed by atoms with Crippen LogP contribution in [-0.2, 0) is 0 Å². The molecule has 0 aliphatic heterocycles. The van der Waals surface area contributed by atoms with Crippen molar-refractivity contribution in [3.63, 3.8) is 0 Å². The van der Waals surface area contributed by atoms with Crippen molar-refractivity contribution in [3.05, 3.63) is 24.3 Å². The molecule has 80 valence electrons. The predicted octanol–water partition coefficient (Wildman–Crippen LogP) is 5.36. The van der Waals surface area contributed by atoms with E-state index in [2.05, 4.69) is 26.5 Å². The van der Waals surface area contributed by atoms with Crippen molar-refractivity contribution in [2.75, 3.05) is 0 Å². The Bertz CT molecular complexity index is 98.6. The van der Waals surface area contributed by atoms with Crippen molar-refractivity contribution in [2.24, 2.45) is 0 Å². The van der Waals surface area contributed by atoms with Crippen LogP contribution in [0.15, 0.2) is 24.3 Å². The van der Waals surface area contributed by atoms with Gasteiger partial charge in [0.15, 0.2) is 0 Å². The van der Waals surface area contributed by atoms with Crippen LogP contribution in [-0.4, -0.2) is 0 Å². The highest BCUT2D eigenvalue weighted by Crippen LogP contribution is 2.03. The first-order chi connectivity index (χ1) is 6.35. The summed E-state index contributed by atoms with van der Waals surface area (Å²) in [5, 5.41) is 0. The largest absolute Gasteiger partial charge is 0.0988 e. The Morgan fingerprint density at radius 1 is 1.08 bits per heavy atom. The first-order valence-electron chi connectivity index (χ1n) is 5.66. The third-order valence-corrected chi connectivity index (χ3v) is 1.37. The summed E-state index contributed by atoms with van der Waals surface area (Å²) in [4.78, 5) is 0. The highest BCUT2D eigenvalue weighted by Gasteiger charge is 1.82. The summed E-state index contributed by atoms with van der Waals surface area (Å²) in [6.45, 7) is 16.1. The molecule has 0 aliphatic carbocycles. The molecule has 0 aromatic rings. The first kappa shape index (κ1) is 18.3. The zero-order valence-corrected chi connectivity index (χ0v) is 10.5. The molecule has 0 heterocycles. The summed E-state index contributed by atoms with van der Waals surface area (Å²) in [6, 6.07) is 0. The molecule has 0 fully saturated rings. The van der Waals surface area contributed by atoms with E-state index >= 15 is 0 Å². The van der Waals surface area contributed by atoms with Gasteiger partial charge in [0.1, 0.15) is 0 Å². The number of hydrogen-bond donors (Lipinski definition) is 0. The molecule has 0 atom stereocenters. The molecule has 0 radical (unpaired) electrons. The summed E-state index contributed by atoms with van der Waals surface area (Å²) in [6.07, 6.45) is 7.73. The van der Waals surface area contributed by atoms with Gasteiger partial charge >= 0.3 is 0 Å². The standard InChI is InChI=1S/C9H16.2C2H6/c1-4-7-8-9(5-2)6-3;2*1-2/h5,8H,2,4,6-7H2,1,3H3;2*1-2H3/b9-8+;;. The number of unbranched alkanes of at least 4 members (excludes halogenated alkanes) is 1. The Balaban J connectivity index is -0.000000218. The normalized spacial score (nSPS) is 8.92. The zero-order valence-electron chi connectivity index (χ0n) is 10.5. The summed E-state index contributed by atoms with van der Waals surface area (Å²) in [5.74, 6) is 0. The Morgan fingerprint density at radius 3 is 1.77 bits per heavy atom. The SMILES string of the molecule is C=C/C(=C\CCC)CC.CC.CC. The second kappa shape index (κ2) is 22.5. The minimum Gasteiger partial charge on any atom is -0.0988 e. The van der Waals surface area contributed by atoms with E-state index in [9.17, 15) is 0 Å². The van der Waals surface area contributed by atoms with E-state index in [4.69, 9.17) is 0 Å². The van der Waals surface area contributed by atoms with E-state index in [-0.39, 0.29) is 0 Å². The van der Waals surface area contributed by atoms with Crippen LogP contribution in [0.25, 0.3) is 0 Å². The van der Waals surface area contributed by atoms with Gasteiger partial charge in [-0.2, -0.15) is 0 Å². The lowest BCUT2D eigenvalue weighted by Gasteiger charge is -1.93. The first-order valence-corrected chi connectivity index (χ1v) is 5.66. The molecule has 0 spiro atoms. The van der Waals surface area contributed by atoms with Gasteiger partial charge in [0.25, 0.3) is 0 Å². The van der Waals surface area contributed by atoms with Gasteiger partial charge in [0.05, 0.1) is 0 Å². The molecule has 0 rings (SSSR count). The van der Waals surface area contributed by atoms with Crippen molar-refractivity contribution in [3.8, 4) is 0 Å². The highest BCUT2D eigenvalue weighted by molar-refractivity contribution is 5.14. The van der Waals surface area contributed by atoms with Crippen molar-refractivity contribution in [2.45, 2.75) is 60.8 Å². The van der Waals surface area contributed by atoms with Crippen LogP contribution in [0.1, 0.15) is 60.8 Å². The van der Waals surface area contributed by atoms with Crippen LogP contribution in [0, 0.1) is 0 Å². The van der Waals surface area contributed by atoms with Crippen LogP contribution < -0.4 is 0 Å². The molecule has 0 saturated heterocycles. The molecular weight excluding hydrogens is 156 g/mol. The fourth-order valence-corrected chi connectivity index (χ4v) is 0.702. The van der Waals surface area contributed by atoms with Crippen LogP contribution in [0.4, 0.5) is 0 Å². The van der Waals surface area contributed by atoms with E-state index in [0.29, 0.717) is 0 Å². The van der Waals surface area contributed by atoms with Gasteiger partial charge in [0.2, 0.25) is 0 Å². The van der Waals surface area contributed by atoms with Crippen LogP contribution in [0.3, 0.4) is 0 Å². The maximum Gasteiger partial charge on any atom is -0.0311 e. The Labute approximate surface area is 85.8 Å². The predicted molar refractivity (Wildman–Crippen MR) is 66.2 cm³/mol. The van der Waals surface area contributed by atoms with Gasteiger partial charge in [-0.3, -0.25) is 0 Å². The Morgan fingerprint density at radius 2 is 1.54 bits per heavy atom. The van der Waals surface area contributed by atoms with E-state index in [0.717, 1.165) is 6.42 Å². The maximum absolute atomic E-state index is 3.72. The third-order valence-electron chi connectivity index (χ3n) is 1.37. The molecule has 0 aromatic carbocycles. The molecular formula is C13H28. The van der Waals surface area contributed by atoms with Crippen LogP contribution in [0.5, 0.6) is 0 Å². The quantitative estimate of drug-likeness (QED) is 0.516. The van der Waals surface area contributed by atoms with Gasteiger partial charge in [-0.15, -0.1) is 0 Å². The van der Waals surface area contributed by atoms with E-state index in [1.807, 2.05) is 33.8 Å². The van der Waals surface area contributed by atoms with Crippen molar-refractivity contribution >= 4 is 0 Å². The molecule has 0 heteroatoms. The van der Waals surface area contributed by atoms with Crippen molar-refractivity contribution in [1.29, 1.82) is 0 Å². The molecule has 0 aromatic heterocycles. The van der Waals surface area contributed by atoms with Crippen molar-refractivity contribution in [1.82, 2.24) is 0 Å². The average molecular weight is 184 g/mol. The maximum atomic E-state index is 3.72. The number of hydrogen-bond acceptors (Lipinski definition) is 0. The smallest absolute Gasteiger partial charge is 0.0311 e. The van der Waals surface area contributed by atoms with Gasteiger partial charge in [-0.05, 0) is 12.8 Å². The fraction of sp³-hybridized carbons (Fsp3) is 0.692. The number of allylic oxidation sites excluding steroid dienone is 3. The highest BCUT2D eigenvalue weighted by atomic mass is 13.9. The van der Waals surface area contributed by atoms with Gasteiger partial charge < -0.3 is 0 Å². The zero-order chi connectivity index (χ0) is 11.1. The fourth-order valence-electron chi connectivity index (χ4n) is 0.702. The summed E-state index contributed by atoms with van der Waals surface area (Å²) >= 11 is 0. The minimum absolute atomic E-state index is 1.11. The average Bonchev–Trinajstić information content (AvgIpc) is 2.25. The molecule has 0 saturated carbocycles. The molecule has 0 bridgehead atoms. The van der Waals surface area contributed by atoms with Crippen molar-refractivity contribution < 1.29 is 0 Å². The molecule has 0 nitrogen and oxygen atoms in total. The Kier molecular flexibility index (Phi) is 31.7. The summed E-state index contributed by atoms with van der Waals surface area (Å²) < 4.78 is 0.